The fourth-order valence-electron chi connectivity index (χ4n) is 3.05. The van der Waals surface area contributed by atoms with E-state index < -0.39 is 29.4 Å². The number of carbonyl (C=O) groups excluding carboxylic acids is 2. The molecule has 2 N–H and O–H groups in total. The van der Waals surface area contributed by atoms with Gasteiger partial charge in [0.15, 0.2) is 11.5 Å². The summed E-state index contributed by atoms with van der Waals surface area (Å²) in [5, 5.41) is 8.70. The highest BCUT2D eigenvalue weighted by Gasteiger charge is 2.36. The van der Waals surface area contributed by atoms with Gasteiger partial charge in [0.25, 0.3) is 11.8 Å². The minimum absolute atomic E-state index is 0.0101. The van der Waals surface area contributed by atoms with Crippen molar-refractivity contribution in [1.29, 1.82) is 0 Å². The zero-order valence-corrected chi connectivity index (χ0v) is 18.5. The predicted octanol–water partition coefficient (Wildman–Crippen LogP) is 3.43. The van der Waals surface area contributed by atoms with E-state index in [1.807, 2.05) is 0 Å². The molecule has 1 aromatic carbocycles. The molecule has 0 atom stereocenters. The summed E-state index contributed by atoms with van der Waals surface area (Å²) < 4.78 is 40.8. The van der Waals surface area contributed by atoms with Crippen molar-refractivity contribution in [2.45, 2.75) is 33.0 Å². The number of benzene rings is 1. The molecular weight excluding hydrogens is 458 g/mol. The van der Waals surface area contributed by atoms with Gasteiger partial charge >= 0.3 is 6.18 Å². The second kappa shape index (κ2) is 9.26. The molecule has 0 unspecified atom stereocenters. The Bertz CT molecular complexity index is 1230. The van der Waals surface area contributed by atoms with Gasteiger partial charge < -0.3 is 10.6 Å². The van der Waals surface area contributed by atoms with Crippen LogP contribution in [-0.4, -0.2) is 40.5 Å². The number of carbonyl (C=O) groups is 2. The number of amides is 2. The van der Waals surface area contributed by atoms with Gasteiger partial charge in [0.1, 0.15) is 13.5 Å². The van der Waals surface area contributed by atoms with Crippen molar-refractivity contribution in [2.75, 3.05) is 5.32 Å². The SMILES string of the molecule is [B]c1cc(C)c(NC(=O)c2cc(C(F)(F)F)nn2-c2ncccc2Cl)c(C(=O)NC(C)C)c1. The minimum Gasteiger partial charge on any atom is -0.350 e. The Kier molecular flexibility index (Phi) is 6.82. The number of hydrogen-bond donors (Lipinski definition) is 2. The number of alkyl halides is 3. The van der Waals surface area contributed by atoms with Crippen LogP contribution in [0, 0.1) is 6.92 Å². The highest BCUT2D eigenvalue weighted by molar-refractivity contribution is 6.33. The van der Waals surface area contributed by atoms with Gasteiger partial charge in [-0.25, -0.2) is 9.67 Å². The molecule has 3 aromatic rings. The predicted molar refractivity (Wildman–Crippen MR) is 118 cm³/mol. The topological polar surface area (TPSA) is 88.9 Å². The maximum absolute atomic E-state index is 13.4. The van der Waals surface area contributed by atoms with Crippen LogP contribution in [-0.2, 0) is 6.18 Å². The van der Waals surface area contributed by atoms with E-state index in [4.69, 9.17) is 19.4 Å². The fraction of sp³-hybridized carbons (Fsp3) is 0.238. The van der Waals surface area contributed by atoms with Gasteiger partial charge in [-0.3, -0.25) is 9.59 Å². The van der Waals surface area contributed by atoms with E-state index in [0.717, 1.165) is 0 Å². The molecule has 0 saturated carbocycles. The van der Waals surface area contributed by atoms with E-state index in [1.165, 1.54) is 30.5 Å². The summed E-state index contributed by atoms with van der Waals surface area (Å²) in [5.41, 5.74) is -0.900. The fourth-order valence-corrected chi connectivity index (χ4v) is 3.26. The number of nitrogens with one attached hydrogen (secondary N) is 2. The van der Waals surface area contributed by atoms with Gasteiger partial charge in [0.05, 0.1) is 16.3 Å². The maximum atomic E-state index is 13.4. The molecule has 0 aliphatic carbocycles. The van der Waals surface area contributed by atoms with E-state index in [0.29, 0.717) is 16.3 Å². The van der Waals surface area contributed by atoms with Crippen LogP contribution < -0.4 is 16.1 Å². The van der Waals surface area contributed by atoms with Crippen LogP contribution in [0.4, 0.5) is 18.9 Å². The molecule has 0 aliphatic heterocycles. The number of aryl methyl sites for hydroxylation is 1. The third-order valence-electron chi connectivity index (χ3n) is 4.43. The first-order valence-electron chi connectivity index (χ1n) is 9.69. The molecule has 0 spiro atoms. The number of aromatic nitrogens is 3. The molecular formula is C21H18BClF3N5O2. The number of hydrogen-bond acceptors (Lipinski definition) is 4. The lowest BCUT2D eigenvalue weighted by Gasteiger charge is -2.17. The molecule has 33 heavy (non-hydrogen) atoms. The van der Waals surface area contributed by atoms with Crippen molar-refractivity contribution in [3.63, 3.8) is 0 Å². The number of rotatable bonds is 5. The van der Waals surface area contributed by atoms with Crippen LogP contribution in [0.3, 0.4) is 0 Å². The molecule has 0 aliphatic rings. The Labute approximate surface area is 193 Å². The first kappa shape index (κ1) is 24.3. The van der Waals surface area contributed by atoms with Gasteiger partial charge in [-0.05, 0) is 38.5 Å². The minimum atomic E-state index is -4.82. The average molecular weight is 476 g/mol. The quantitative estimate of drug-likeness (QED) is 0.554. The van der Waals surface area contributed by atoms with E-state index in [9.17, 15) is 22.8 Å². The zero-order valence-electron chi connectivity index (χ0n) is 17.8. The zero-order chi connectivity index (χ0) is 24.5. The highest BCUT2D eigenvalue weighted by atomic mass is 35.5. The van der Waals surface area contributed by atoms with E-state index >= 15 is 0 Å². The summed E-state index contributed by atoms with van der Waals surface area (Å²) in [5.74, 6) is -1.62. The van der Waals surface area contributed by atoms with Gasteiger partial charge in [-0.15, -0.1) is 0 Å². The van der Waals surface area contributed by atoms with Crippen LogP contribution in [0.15, 0.2) is 36.5 Å². The second-order valence-electron chi connectivity index (χ2n) is 7.48. The molecule has 2 heterocycles. The Balaban J connectivity index is 2.10. The number of pyridine rings is 1. The second-order valence-corrected chi connectivity index (χ2v) is 7.88. The molecule has 170 valence electrons. The standard InChI is InChI=1S/C21H18BClF3N5O2/c1-10(2)28-19(32)13-8-12(22)7-11(3)17(13)29-20(33)15-9-16(21(24,25)26)30-31(15)18-14(23)5-4-6-27-18/h4-10H,1-3H3,(H,28,32)(H,29,33). The molecule has 7 nitrogen and oxygen atoms in total. The molecule has 3 rings (SSSR count). The van der Waals surface area contributed by atoms with Gasteiger partial charge in [-0.2, -0.15) is 18.3 Å². The third kappa shape index (κ3) is 5.36. The van der Waals surface area contributed by atoms with Crippen molar-refractivity contribution >= 4 is 42.4 Å². The smallest absolute Gasteiger partial charge is 0.350 e. The van der Waals surface area contributed by atoms with Crippen molar-refractivity contribution in [3.8, 4) is 5.82 Å². The molecule has 0 bridgehead atoms. The largest absolute Gasteiger partial charge is 0.435 e. The van der Waals surface area contributed by atoms with Crippen molar-refractivity contribution in [1.82, 2.24) is 20.1 Å². The van der Waals surface area contributed by atoms with Crippen LogP contribution in [0.2, 0.25) is 5.02 Å². The number of anilines is 1. The normalized spacial score (nSPS) is 11.5. The van der Waals surface area contributed by atoms with Gasteiger partial charge in [0, 0.05) is 18.3 Å². The monoisotopic (exact) mass is 475 g/mol. The lowest BCUT2D eigenvalue weighted by Crippen LogP contribution is -2.32. The van der Waals surface area contributed by atoms with E-state index in [-0.39, 0.29) is 33.6 Å². The summed E-state index contributed by atoms with van der Waals surface area (Å²) in [6.07, 6.45) is -3.52. The third-order valence-corrected chi connectivity index (χ3v) is 4.73. The van der Waals surface area contributed by atoms with Crippen molar-refractivity contribution in [2.24, 2.45) is 0 Å². The number of nitrogens with zero attached hydrogens (tertiary/aromatic N) is 3. The maximum Gasteiger partial charge on any atom is 0.435 e. The summed E-state index contributed by atoms with van der Waals surface area (Å²) >= 11 is 6.07. The molecule has 2 radical (unpaired) electrons. The van der Waals surface area contributed by atoms with E-state index in [2.05, 4.69) is 20.7 Å². The van der Waals surface area contributed by atoms with Gasteiger partial charge in [-0.1, -0.05) is 29.2 Å². The Morgan fingerprint density at radius 2 is 1.88 bits per heavy atom. The van der Waals surface area contributed by atoms with Crippen LogP contribution in [0.1, 0.15) is 46.0 Å². The lowest BCUT2D eigenvalue weighted by molar-refractivity contribution is -0.141. The Hall–Kier alpha value is -3.34. The summed E-state index contributed by atoms with van der Waals surface area (Å²) in [7, 11) is 5.85. The Morgan fingerprint density at radius 1 is 1.18 bits per heavy atom. The lowest BCUT2D eigenvalue weighted by atomic mass is 9.90. The first-order valence-corrected chi connectivity index (χ1v) is 10.1. The molecule has 12 heteroatoms. The van der Waals surface area contributed by atoms with Crippen LogP contribution in [0.25, 0.3) is 5.82 Å². The Morgan fingerprint density at radius 3 is 2.48 bits per heavy atom. The summed E-state index contributed by atoms with van der Waals surface area (Å²) in [6.45, 7) is 5.11. The molecule has 2 amide bonds. The van der Waals surface area contributed by atoms with Crippen LogP contribution in [0.5, 0.6) is 0 Å². The first-order chi connectivity index (χ1) is 15.4. The summed E-state index contributed by atoms with van der Waals surface area (Å²) in [4.78, 5) is 29.7. The van der Waals surface area contributed by atoms with E-state index in [1.54, 1.807) is 20.8 Å². The molecule has 0 saturated heterocycles. The molecule has 2 aromatic heterocycles. The van der Waals surface area contributed by atoms with Crippen molar-refractivity contribution in [3.05, 3.63) is 64.1 Å². The molecule has 0 fully saturated rings. The highest BCUT2D eigenvalue weighted by Crippen LogP contribution is 2.31. The van der Waals surface area contributed by atoms with Crippen LogP contribution >= 0.6 is 11.6 Å². The summed E-state index contributed by atoms with van der Waals surface area (Å²) in [6, 6.07) is 6.16. The van der Waals surface area contributed by atoms with Gasteiger partial charge in [0.2, 0.25) is 0 Å². The average Bonchev–Trinajstić information content (AvgIpc) is 3.15. The number of halogens is 4. The van der Waals surface area contributed by atoms with Crippen molar-refractivity contribution < 1.29 is 22.8 Å².